The molecule has 1 aromatic carbocycles. The monoisotopic (exact) mass is 346 g/mol. The highest BCUT2D eigenvalue weighted by Gasteiger charge is 2.43. The van der Waals surface area contributed by atoms with Crippen molar-refractivity contribution in [1.82, 2.24) is 9.80 Å². The predicted octanol–water partition coefficient (Wildman–Crippen LogP) is 1.33. The van der Waals surface area contributed by atoms with Crippen LogP contribution in [-0.2, 0) is 14.3 Å². The summed E-state index contributed by atoms with van der Waals surface area (Å²) in [7, 11) is 3.10. The van der Waals surface area contributed by atoms with Gasteiger partial charge in [-0.3, -0.25) is 19.3 Å². The number of carbonyl (C=O) groups excluding carboxylic acids is 4. The molecule has 2 rings (SSSR count). The quantitative estimate of drug-likeness (QED) is 0.573. The third kappa shape index (κ3) is 3.87. The van der Waals surface area contributed by atoms with Gasteiger partial charge in [-0.2, -0.15) is 0 Å². The van der Waals surface area contributed by atoms with E-state index in [0.717, 1.165) is 4.90 Å². The van der Waals surface area contributed by atoms with Gasteiger partial charge in [-0.25, -0.2) is 4.79 Å². The number of amides is 3. The molecule has 0 N–H and O–H groups in total. The number of hydrogen-bond acceptors (Lipinski definition) is 5. The Kier molecular flexibility index (Phi) is 5.56. The number of benzene rings is 1. The normalized spacial score (nSPS) is 14.5. The number of imide groups is 1. The number of rotatable bonds is 6. The van der Waals surface area contributed by atoms with E-state index in [0.29, 0.717) is 0 Å². The topological polar surface area (TPSA) is 84.0 Å². The SMILES string of the molecule is CC(C)C[C@H](C(=O)OCC(=O)N(C)C)N1C(=O)c2ccccc2C1=O. The van der Waals surface area contributed by atoms with E-state index >= 15 is 0 Å². The number of fused-ring (bicyclic) bond motifs is 1. The predicted molar refractivity (Wildman–Crippen MR) is 89.8 cm³/mol. The van der Waals surface area contributed by atoms with Gasteiger partial charge in [0.25, 0.3) is 17.7 Å². The minimum absolute atomic E-state index is 0.0476. The van der Waals surface area contributed by atoms with E-state index in [4.69, 9.17) is 4.74 Å². The summed E-state index contributed by atoms with van der Waals surface area (Å²) in [5, 5.41) is 0. The molecule has 0 aromatic heterocycles. The number of nitrogens with zero attached hydrogens (tertiary/aromatic N) is 2. The van der Waals surface area contributed by atoms with Crippen molar-refractivity contribution in [3.63, 3.8) is 0 Å². The van der Waals surface area contributed by atoms with Gasteiger partial charge in [0, 0.05) is 14.1 Å². The molecular formula is C18H22N2O5. The summed E-state index contributed by atoms with van der Waals surface area (Å²) < 4.78 is 5.06. The number of likely N-dealkylation sites (N-methyl/N-ethyl adjacent to an activating group) is 1. The van der Waals surface area contributed by atoms with Crippen LogP contribution in [0.4, 0.5) is 0 Å². The Bertz CT molecular complexity index is 676. The molecule has 25 heavy (non-hydrogen) atoms. The lowest BCUT2D eigenvalue weighted by Gasteiger charge is -2.26. The molecule has 7 heteroatoms. The van der Waals surface area contributed by atoms with Crippen molar-refractivity contribution in [3.8, 4) is 0 Å². The lowest BCUT2D eigenvalue weighted by atomic mass is 10.0. The molecule has 0 radical (unpaired) electrons. The maximum atomic E-state index is 12.6. The van der Waals surface area contributed by atoms with Crippen LogP contribution in [0, 0.1) is 5.92 Å². The van der Waals surface area contributed by atoms with Crippen molar-refractivity contribution < 1.29 is 23.9 Å². The van der Waals surface area contributed by atoms with Crippen LogP contribution >= 0.6 is 0 Å². The van der Waals surface area contributed by atoms with E-state index in [1.54, 1.807) is 38.4 Å². The Hall–Kier alpha value is -2.70. The minimum atomic E-state index is -1.05. The first-order chi connectivity index (χ1) is 11.7. The van der Waals surface area contributed by atoms with E-state index in [1.807, 2.05) is 13.8 Å². The van der Waals surface area contributed by atoms with Gasteiger partial charge in [-0.05, 0) is 24.5 Å². The third-order valence-corrected chi connectivity index (χ3v) is 3.94. The van der Waals surface area contributed by atoms with E-state index in [9.17, 15) is 19.2 Å². The second-order valence-electron chi connectivity index (χ2n) is 6.57. The zero-order chi connectivity index (χ0) is 18.7. The summed E-state index contributed by atoms with van der Waals surface area (Å²) in [6, 6.07) is 5.39. The van der Waals surface area contributed by atoms with Crippen molar-refractivity contribution in [1.29, 1.82) is 0 Å². The molecule has 0 aliphatic carbocycles. The number of carbonyl (C=O) groups is 4. The lowest BCUT2D eigenvalue weighted by Crippen LogP contribution is -2.47. The summed E-state index contributed by atoms with van der Waals surface area (Å²) in [5.41, 5.74) is 0.553. The molecule has 7 nitrogen and oxygen atoms in total. The van der Waals surface area contributed by atoms with Crippen molar-refractivity contribution in [2.45, 2.75) is 26.3 Å². The maximum Gasteiger partial charge on any atom is 0.329 e. The fourth-order valence-corrected chi connectivity index (χ4v) is 2.60. The molecule has 0 saturated heterocycles. The highest BCUT2D eigenvalue weighted by Crippen LogP contribution is 2.27. The molecule has 1 atom stereocenters. The smallest absolute Gasteiger partial charge is 0.329 e. The second kappa shape index (κ2) is 7.46. The van der Waals surface area contributed by atoms with Crippen LogP contribution in [0.1, 0.15) is 41.0 Å². The first-order valence-corrected chi connectivity index (χ1v) is 8.07. The molecule has 0 spiro atoms. The molecule has 1 aromatic rings. The summed E-state index contributed by atoms with van der Waals surface area (Å²) in [6.45, 7) is 3.33. The van der Waals surface area contributed by atoms with E-state index in [-0.39, 0.29) is 29.4 Å². The summed E-state index contributed by atoms with van der Waals surface area (Å²) in [6.07, 6.45) is 0.264. The fourth-order valence-electron chi connectivity index (χ4n) is 2.60. The Labute approximate surface area is 146 Å². The standard InChI is InChI=1S/C18H22N2O5/c1-11(2)9-14(18(24)25-10-15(21)19(3)4)20-16(22)12-7-5-6-8-13(12)17(20)23/h5-8,11,14H,9-10H2,1-4H3/t14-/m1/s1. The zero-order valence-electron chi connectivity index (χ0n) is 14.8. The van der Waals surface area contributed by atoms with Gasteiger partial charge in [0.05, 0.1) is 11.1 Å². The lowest BCUT2D eigenvalue weighted by molar-refractivity contribution is -0.154. The van der Waals surface area contributed by atoms with Crippen LogP contribution in [0.25, 0.3) is 0 Å². The minimum Gasteiger partial charge on any atom is -0.454 e. The van der Waals surface area contributed by atoms with Gasteiger partial charge in [0.1, 0.15) is 6.04 Å². The van der Waals surface area contributed by atoms with Crippen molar-refractivity contribution in [3.05, 3.63) is 35.4 Å². The maximum absolute atomic E-state index is 12.6. The van der Waals surface area contributed by atoms with Gasteiger partial charge in [0.15, 0.2) is 6.61 Å². The number of hydrogen-bond donors (Lipinski definition) is 0. The van der Waals surface area contributed by atoms with Gasteiger partial charge in [0.2, 0.25) is 0 Å². The van der Waals surface area contributed by atoms with Gasteiger partial charge < -0.3 is 9.64 Å². The Morgan fingerprint density at radius 1 is 1.08 bits per heavy atom. The van der Waals surface area contributed by atoms with Crippen LogP contribution in [0.2, 0.25) is 0 Å². The number of ether oxygens (including phenoxy) is 1. The molecule has 0 saturated carbocycles. The third-order valence-electron chi connectivity index (χ3n) is 3.94. The molecule has 134 valence electrons. The second-order valence-corrected chi connectivity index (χ2v) is 6.57. The van der Waals surface area contributed by atoms with Crippen LogP contribution in [0.3, 0.4) is 0 Å². The number of esters is 1. The van der Waals surface area contributed by atoms with E-state index in [1.165, 1.54) is 4.90 Å². The highest BCUT2D eigenvalue weighted by atomic mass is 16.5. The van der Waals surface area contributed by atoms with Crippen molar-refractivity contribution in [2.24, 2.45) is 5.92 Å². The zero-order valence-corrected chi connectivity index (χ0v) is 14.8. The van der Waals surface area contributed by atoms with Crippen molar-refractivity contribution in [2.75, 3.05) is 20.7 Å². The molecule has 1 aliphatic heterocycles. The largest absolute Gasteiger partial charge is 0.454 e. The van der Waals surface area contributed by atoms with Crippen LogP contribution in [-0.4, -0.2) is 60.2 Å². The summed E-state index contributed by atoms with van der Waals surface area (Å²) in [5.74, 6) is -2.10. The van der Waals surface area contributed by atoms with Crippen LogP contribution < -0.4 is 0 Å². The molecule has 1 aliphatic rings. The Balaban J connectivity index is 2.23. The molecule has 0 unspecified atom stereocenters. The van der Waals surface area contributed by atoms with Crippen LogP contribution in [0.5, 0.6) is 0 Å². The molecule has 0 fully saturated rings. The van der Waals surface area contributed by atoms with Gasteiger partial charge in [-0.1, -0.05) is 26.0 Å². The Morgan fingerprint density at radius 3 is 2.04 bits per heavy atom. The first-order valence-electron chi connectivity index (χ1n) is 8.07. The average molecular weight is 346 g/mol. The van der Waals surface area contributed by atoms with Crippen LogP contribution in [0.15, 0.2) is 24.3 Å². The highest BCUT2D eigenvalue weighted by molar-refractivity contribution is 6.22. The average Bonchev–Trinajstić information content (AvgIpc) is 2.81. The van der Waals surface area contributed by atoms with E-state index in [2.05, 4.69) is 0 Å². The Morgan fingerprint density at radius 2 is 1.60 bits per heavy atom. The van der Waals surface area contributed by atoms with Gasteiger partial charge in [-0.15, -0.1) is 0 Å². The summed E-state index contributed by atoms with van der Waals surface area (Å²) >= 11 is 0. The molecule has 3 amide bonds. The fraction of sp³-hybridized carbons (Fsp3) is 0.444. The van der Waals surface area contributed by atoms with E-state index < -0.39 is 30.4 Å². The van der Waals surface area contributed by atoms with Gasteiger partial charge >= 0.3 is 5.97 Å². The summed E-state index contributed by atoms with van der Waals surface area (Å²) in [4.78, 5) is 51.6. The molecule has 1 heterocycles. The van der Waals surface area contributed by atoms with Crippen molar-refractivity contribution >= 4 is 23.7 Å². The molecule has 0 bridgehead atoms. The first kappa shape index (κ1) is 18.6. The molecular weight excluding hydrogens is 324 g/mol.